The van der Waals surface area contributed by atoms with E-state index in [0.29, 0.717) is 48.8 Å². The lowest BCUT2D eigenvalue weighted by molar-refractivity contribution is -0.108. The Morgan fingerprint density at radius 2 is 1.88 bits per heavy atom. The van der Waals surface area contributed by atoms with Gasteiger partial charge in [0, 0.05) is 37.5 Å². The topological polar surface area (TPSA) is 163 Å². The van der Waals surface area contributed by atoms with Crippen LogP contribution in [0.1, 0.15) is 66.7 Å². The zero-order chi connectivity index (χ0) is 41.4. The first kappa shape index (κ1) is 39.9. The first-order valence-corrected chi connectivity index (χ1v) is 20.1. The fourth-order valence-electron chi connectivity index (χ4n) is 8.95. The van der Waals surface area contributed by atoms with E-state index in [1.807, 2.05) is 36.1 Å². The molecule has 4 amide bonds. The van der Waals surface area contributed by atoms with Gasteiger partial charge in [-0.2, -0.15) is 0 Å². The van der Waals surface area contributed by atoms with Crippen molar-refractivity contribution in [1.29, 1.82) is 0 Å². The molecule has 3 aliphatic rings. The highest BCUT2D eigenvalue weighted by Crippen LogP contribution is 2.52. The number of imide groups is 1. The molecule has 3 aromatic heterocycles. The SMILES string of the molecule is CCCN(C(=O)NC=O)c1cc(C(C(F)F)N2CCC3(CC2)CC(Oc2ccc(-c4cccc5c4CCN5c4cc(NC)c5ncc(C(N)=O)n5n4)nc2)C3)ccc1Cl. The molecule has 1 unspecified atom stereocenters. The molecule has 0 radical (unpaired) electrons. The number of carbonyl (C=O) groups is 3. The van der Waals surface area contributed by atoms with Crippen molar-refractivity contribution in [3.05, 3.63) is 88.8 Å². The van der Waals surface area contributed by atoms with Gasteiger partial charge in [0.2, 0.25) is 6.41 Å². The predicted octanol–water partition coefficient (Wildman–Crippen LogP) is 6.99. The summed E-state index contributed by atoms with van der Waals surface area (Å²) in [6.45, 7) is 3.81. The first-order valence-electron chi connectivity index (χ1n) is 19.7. The van der Waals surface area contributed by atoms with E-state index in [1.54, 1.807) is 25.4 Å². The molecule has 4 N–H and O–H groups in total. The van der Waals surface area contributed by atoms with E-state index in [-0.39, 0.29) is 40.9 Å². The molecule has 2 fully saturated rings. The second-order valence-electron chi connectivity index (χ2n) is 15.4. The number of halogens is 3. The van der Waals surface area contributed by atoms with Crippen LogP contribution in [0.5, 0.6) is 5.75 Å². The van der Waals surface area contributed by atoms with E-state index in [0.717, 1.165) is 60.3 Å². The molecule has 1 aliphatic carbocycles. The average molecular weight is 827 g/mol. The molecule has 1 saturated carbocycles. The molecule has 17 heteroatoms. The Kier molecular flexibility index (Phi) is 11.1. The number of likely N-dealkylation sites (tertiary alicyclic amines) is 1. The van der Waals surface area contributed by atoms with Crippen molar-refractivity contribution in [3.8, 4) is 17.0 Å². The molecule has 1 atom stereocenters. The van der Waals surface area contributed by atoms with E-state index in [9.17, 15) is 23.2 Å². The number of nitrogens with one attached hydrogen (secondary N) is 2. The number of imidazole rings is 1. The van der Waals surface area contributed by atoms with Crippen LogP contribution in [-0.4, -0.2) is 88.6 Å². The number of aromatic nitrogens is 4. The Balaban J connectivity index is 0.901. The summed E-state index contributed by atoms with van der Waals surface area (Å²) in [6.07, 6.45) is 5.37. The molecule has 5 heterocycles. The second-order valence-corrected chi connectivity index (χ2v) is 15.8. The molecule has 2 aromatic carbocycles. The van der Waals surface area contributed by atoms with Crippen LogP contribution in [-0.2, 0) is 11.2 Å². The zero-order valence-corrected chi connectivity index (χ0v) is 33.5. The third kappa shape index (κ3) is 7.62. The standard InChI is InChI=1S/C42H45ClF2N10O4/c1-3-14-54(41(58)50-24-56)34-18-25(7-9-30(34)43)37(38(44)45)52-16-12-42(13-17-52)20-27(21-42)59-26-8-10-31(48-22-26)28-5-4-6-33-29(28)11-15-53(33)36-19-32(47-2)40-49-23-35(39(46)57)55(40)51-36/h4-10,18-19,22-24,27,37-38,47H,3,11-17,20-21H2,1-2H3,(H2,46,57)(H,50,56,58). The number of rotatable bonds is 13. The number of alkyl halides is 2. The molecule has 8 rings (SSSR count). The third-order valence-corrected chi connectivity index (χ3v) is 12.2. The van der Waals surface area contributed by atoms with Crippen molar-refractivity contribution in [3.63, 3.8) is 0 Å². The number of nitrogens with two attached hydrogens (primary N) is 1. The smallest absolute Gasteiger partial charge is 0.328 e. The summed E-state index contributed by atoms with van der Waals surface area (Å²) in [7, 11) is 1.79. The summed E-state index contributed by atoms with van der Waals surface area (Å²) in [5.74, 6) is 0.722. The average Bonchev–Trinajstić information content (AvgIpc) is 3.86. The second kappa shape index (κ2) is 16.4. The largest absolute Gasteiger partial charge is 0.489 e. The van der Waals surface area contributed by atoms with Crippen LogP contribution >= 0.6 is 11.6 Å². The van der Waals surface area contributed by atoms with Gasteiger partial charge in [-0.1, -0.05) is 36.7 Å². The van der Waals surface area contributed by atoms with Crippen LogP contribution in [0, 0.1) is 5.41 Å². The van der Waals surface area contributed by atoms with E-state index in [2.05, 4.69) is 32.7 Å². The number of hydrogen-bond acceptors (Lipinski definition) is 10. The number of benzene rings is 2. The Hall–Kier alpha value is -5.87. The third-order valence-electron chi connectivity index (χ3n) is 11.9. The van der Waals surface area contributed by atoms with Crippen molar-refractivity contribution in [2.24, 2.45) is 11.1 Å². The number of piperidine rings is 1. The Morgan fingerprint density at radius 3 is 2.56 bits per heavy atom. The maximum Gasteiger partial charge on any atom is 0.328 e. The van der Waals surface area contributed by atoms with Gasteiger partial charge >= 0.3 is 6.03 Å². The van der Waals surface area contributed by atoms with E-state index in [1.165, 1.54) is 21.7 Å². The number of ether oxygens (including phenoxy) is 1. The number of urea groups is 1. The maximum atomic E-state index is 14.7. The monoisotopic (exact) mass is 826 g/mol. The van der Waals surface area contributed by atoms with Crippen LogP contribution in [0.25, 0.3) is 16.9 Å². The highest BCUT2D eigenvalue weighted by Gasteiger charge is 2.48. The first-order chi connectivity index (χ1) is 28.5. The number of pyridine rings is 1. The number of hydrogen-bond donors (Lipinski definition) is 3. The van der Waals surface area contributed by atoms with Crippen LogP contribution in [0.2, 0.25) is 5.02 Å². The van der Waals surface area contributed by atoms with Gasteiger partial charge in [0.1, 0.15) is 11.4 Å². The van der Waals surface area contributed by atoms with Crippen molar-refractivity contribution in [2.75, 3.05) is 48.3 Å². The number of amides is 4. The summed E-state index contributed by atoms with van der Waals surface area (Å²) in [6, 6.07) is 14.8. The van der Waals surface area contributed by atoms with Crippen molar-refractivity contribution in [1.82, 2.24) is 29.8 Å². The lowest BCUT2D eigenvalue weighted by Gasteiger charge is -2.52. The van der Waals surface area contributed by atoms with Crippen LogP contribution in [0.3, 0.4) is 0 Å². The van der Waals surface area contributed by atoms with Gasteiger partial charge in [-0.05, 0) is 98.5 Å². The van der Waals surface area contributed by atoms with Gasteiger partial charge in [-0.15, -0.1) is 5.10 Å². The highest BCUT2D eigenvalue weighted by molar-refractivity contribution is 6.33. The summed E-state index contributed by atoms with van der Waals surface area (Å²) in [5, 5.41) is 10.2. The summed E-state index contributed by atoms with van der Waals surface area (Å²) in [5.41, 5.74) is 11.7. The molecular weight excluding hydrogens is 782 g/mol. The van der Waals surface area contributed by atoms with Crippen molar-refractivity contribution >= 4 is 58.5 Å². The van der Waals surface area contributed by atoms with Gasteiger partial charge in [0.05, 0.1) is 46.6 Å². The highest BCUT2D eigenvalue weighted by atomic mass is 35.5. The quantitative estimate of drug-likeness (QED) is 0.106. The lowest BCUT2D eigenvalue weighted by atomic mass is 9.61. The molecule has 2 aliphatic heterocycles. The van der Waals surface area contributed by atoms with Crippen LogP contribution in [0.15, 0.2) is 67.0 Å². The van der Waals surface area contributed by atoms with Crippen LogP contribution < -0.4 is 30.9 Å². The molecule has 59 heavy (non-hydrogen) atoms. The Labute approximate surface area is 344 Å². The van der Waals surface area contributed by atoms with Gasteiger partial charge in [0.25, 0.3) is 12.3 Å². The van der Waals surface area contributed by atoms with Gasteiger partial charge < -0.3 is 20.7 Å². The van der Waals surface area contributed by atoms with Gasteiger partial charge in [-0.3, -0.25) is 29.7 Å². The number of nitrogens with zero attached hydrogens (tertiary/aromatic N) is 7. The zero-order valence-electron chi connectivity index (χ0n) is 32.7. The van der Waals surface area contributed by atoms with E-state index >= 15 is 0 Å². The maximum absolute atomic E-state index is 14.7. The Bertz CT molecular complexity index is 2380. The van der Waals surface area contributed by atoms with Crippen molar-refractivity contribution < 1.29 is 27.9 Å². The molecule has 14 nitrogen and oxygen atoms in total. The fraction of sp³-hybridized carbons (Fsp3) is 0.381. The lowest BCUT2D eigenvalue weighted by Crippen LogP contribution is -2.52. The summed E-state index contributed by atoms with van der Waals surface area (Å²) >= 11 is 6.44. The number of anilines is 4. The van der Waals surface area contributed by atoms with Gasteiger partial charge in [0.15, 0.2) is 11.5 Å². The molecule has 5 aromatic rings. The summed E-state index contributed by atoms with van der Waals surface area (Å²) < 4.78 is 37.3. The minimum absolute atomic E-state index is 0.00780. The molecule has 308 valence electrons. The Morgan fingerprint density at radius 1 is 1.08 bits per heavy atom. The van der Waals surface area contributed by atoms with Gasteiger partial charge in [-0.25, -0.2) is 23.1 Å². The van der Waals surface area contributed by atoms with E-state index in [4.69, 9.17) is 32.2 Å². The summed E-state index contributed by atoms with van der Waals surface area (Å²) in [4.78, 5) is 50.0. The predicted molar refractivity (Wildman–Crippen MR) is 221 cm³/mol. The molecular formula is C42H45ClF2N10O4. The number of fused-ring (bicyclic) bond motifs is 2. The fourth-order valence-corrected chi connectivity index (χ4v) is 9.17. The van der Waals surface area contributed by atoms with E-state index < -0.39 is 24.4 Å². The number of carbonyl (C=O) groups excluding carboxylic acids is 3. The minimum Gasteiger partial charge on any atom is -0.489 e. The molecule has 1 saturated heterocycles. The van der Waals surface area contributed by atoms with Crippen molar-refractivity contribution in [2.45, 2.75) is 64.0 Å². The molecule has 0 bridgehead atoms. The molecule has 1 spiro atoms. The number of primary amides is 1. The minimum atomic E-state index is -2.66. The van der Waals surface area contributed by atoms with Crippen LogP contribution in [0.4, 0.5) is 36.5 Å². The normalized spacial score (nSPS) is 16.8.